The minimum absolute atomic E-state index is 0.490. The lowest BCUT2D eigenvalue weighted by molar-refractivity contribution is -0.116. The van der Waals surface area contributed by atoms with Crippen LogP contribution in [0.5, 0.6) is 0 Å². The van der Waals surface area contributed by atoms with Crippen LogP contribution in [0.4, 0.5) is 11.4 Å². The molecule has 0 spiro atoms. The molecule has 0 aliphatic rings. The van der Waals surface area contributed by atoms with Crippen molar-refractivity contribution in [2.24, 2.45) is 0 Å². The first kappa shape index (κ1) is 8.19. The van der Waals surface area contributed by atoms with E-state index in [-0.39, 0.29) is 0 Å². The van der Waals surface area contributed by atoms with Crippen molar-refractivity contribution >= 4 is 23.4 Å². The molecule has 0 saturated carbocycles. The molecule has 0 saturated heterocycles. The summed E-state index contributed by atoms with van der Waals surface area (Å²) in [6.07, 6.45) is 0. The molecule has 0 aliphatic carbocycles. The first-order chi connectivity index (χ1) is 5.24. The van der Waals surface area contributed by atoms with Gasteiger partial charge < -0.3 is 11.5 Å². The average molecular weight is 172 g/mol. The van der Waals surface area contributed by atoms with Crippen LogP contribution in [0, 0.1) is 0 Å². The highest BCUT2D eigenvalue weighted by molar-refractivity contribution is 7.94. The van der Waals surface area contributed by atoms with Crippen LogP contribution >= 0.6 is 12.0 Å². The van der Waals surface area contributed by atoms with E-state index in [1.165, 1.54) is 0 Å². The summed E-state index contributed by atoms with van der Waals surface area (Å²) >= 11 is 0.786. The van der Waals surface area contributed by atoms with Crippen molar-refractivity contribution < 1.29 is 9.59 Å². The van der Waals surface area contributed by atoms with E-state index in [1.807, 2.05) is 0 Å². The minimum atomic E-state index is 0.490. The van der Waals surface area contributed by atoms with Crippen molar-refractivity contribution in [3.05, 3.63) is 18.2 Å². The molecule has 5 heteroatoms. The highest BCUT2D eigenvalue weighted by Crippen LogP contribution is 2.26. The number of anilines is 2. The van der Waals surface area contributed by atoms with Crippen molar-refractivity contribution in [1.29, 1.82) is 0 Å². The fourth-order valence-electron chi connectivity index (χ4n) is 0.683. The number of rotatable bonds is 2. The predicted octanol–water partition coefficient (Wildman–Crippen LogP) is 1.35. The summed E-state index contributed by atoms with van der Waals surface area (Å²) in [5, 5.41) is 8.09. The molecule has 60 valence electrons. The van der Waals surface area contributed by atoms with Gasteiger partial charge in [-0.2, -0.15) is 4.33 Å². The number of nitrogens with two attached hydrogens (primary N) is 2. The molecular formula is C6H8N2O2S. The van der Waals surface area contributed by atoms with E-state index in [4.69, 9.17) is 16.7 Å². The van der Waals surface area contributed by atoms with Gasteiger partial charge in [0, 0.05) is 11.4 Å². The van der Waals surface area contributed by atoms with Gasteiger partial charge in [0.25, 0.3) is 0 Å². The summed E-state index contributed by atoms with van der Waals surface area (Å²) < 4.78 is 3.84. The smallest absolute Gasteiger partial charge is 0.0701 e. The van der Waals surface area contributed by atoms with Crippen molar-refractivity contribution in [2.75, 3.05) is 11.5 Å². The van der Waals surface area contributed by atoms with Crippen molar-refractivity contribution in [3.63, 3.8) is 0 Å². The second kappa shape index (κ2) is 3.47. The molecule has 0 bridgehead atoms. The Hall–Kier alpha value is -0.910. The lowest BCUT2D eigenvalue weighted by Gasteiger charge is -2.01. The van der Waals surface area contributed by atoms with Crippen LogP contribution in [0.25, 0.3) is 0 Å². The molecular weight excluding hydrogens is 164 g/mol. The molecule has 11 heavy (non-hydrogen) atoms. The number of benzene rings is 1. The average Bonchev–Trinajstić information content (AvgIpc) is 1.95. The third-order valence-electron chi connectivity index (χ3n) is 1.16. The van der Waals surface area contributed by atoms with Gasteiger partial charge in [-0.3, -0.25) is 0 Å². The Labute approximate surface area is 68.3 Å². The van der Waals surface area contributed by atoms with E-state index in [1.54, 1.807) is 18.2 Å². The van der Waals surface area contributed by atoms with Gasteiger partial charge in [-0.15, -0.1) is 0 Å². The number of hydrogen-bond donors (Lipinski definition) is 3. The third-order valence-corrected chi connectivity index (χ3v) is 1.79. The van der Waals surface area contributed by atoms with E-state index >= 15 is 0 Å². The van der Waals surface area contributed by atoms with Gasteiger partial charge in [-0.1, -0.05) is 0 Å². The van der Waals surface area contributed by atoms with Crippen LogP contribution in [0.2, 0.25) is 0 Å². The fourth-order valence-corrected chi connectivity index (χ4v) is 1.04. The Bertz CT molecular complexity index is 254. The SMILES string of the molecule is Nc1ccc(SOO)c(N)c1. The summed E-state index contributed by atoms with van der Waals surface area (Å²) in [5.41, 5.74) is 12.0. The van der Waals surface area contributed by atoms with Gasteiger partial charge in [0.05, 0.1) is 16.9 Å². The molecule has 0 radical (unpaired) electrons. The monoisotopic (exact) mass is 172 g/mol. The van der Waals surface area contributed by atoms with E-state index in [2.05, 4.69) is 4.33 Å². The Morgan fingerprint density at radius 1 is 1.36 bits per heavy atom. The maximum atomic E-state index is 8.09. The zero-order valence-corrected chi connectivity index (χ0v) is 6.47. The molecule has 1 aromatic rings. The van der Waals surface area contributed by atoms with Crippen LogP contribution in [0.1, 0.15) is 0 Å². The maximum absolute atomic E-state index is 8.09. The second-order valence-electron chi connectivity index (χ2n) is 1.96. The normalized spacial score (nSPS) is 9.91. The van der Waals surface area contributed by atoms with Crippen molar-refractivity contribution in [2.45, 2.75) is 4.90 Å². The molecule has 4 nitrogen and oxygen atoms in total. The largest absolute Gasteiger partial charge is 0.399 e. The third kappa shape index (κ3) is 2.01. The molecule has 5 N–H and O–H groups in total. The Morgan fingerprint density at radius 2 is 2.09 bits per heavy atom. The first-order valence-corrected chi connectivity index (χ1v) is 3.61. The maximum Gasteiger partial charge on any atom is 0.0701 e. The van der Waals surface area contributed by atoms with Crippen LogP contribution in [0.3, 0.4) is 0 Å². The zero-order valence-electron chi connectivity index (χ0n) is 5.65. The zero-order chi connectivity index (χ0) is 8.27. The number of hydrogen-bond acceptors (Lipinski definition) is 5. The van der Waals surface area contributed by atoms with Crippen LogP contribution in [0.15, 0.2) is 23.1 Å². The molecule has 0 fully saturated rings. The minimum Gasteiger partial charge on any atom is -0.399 e. The molecule has 0 amide bonds. The standard InChI is InChI=1S/C6H8N2O2S/c7-4-1-2-6(11-10-9)5(8)3-4/h1-3,9H,7-8H2. The summed E-state index contributed by atoms with van der Waals surface area (Å²) in [6, 6.07) is 4.95. The molecule has 0 heterocycles. The molecule has 0 aromatic heterocycles. The molecule has 0 atom stereocenters. The number of nitrogen functional groups attached to an aromatic ring is 2. The van der Waals surface area contributed by atoms with Crippen LogP contribution in [-0.4, -0.2) is 5.26 Å². The predicted molar refractivity (Wildman–Crippen MR) is 44.8 cm³/mol. The Morgan fingerprint density at radius 3 is 2.64 bits per heavy atom. The molecule has 1 rings (SSSR count). The van der Waals surface area contributed by atoms with Gasteiger partial charge in [0.15, 0.2) is 0 Å². The lowest BCUT2D eigenvalue weighted by atomic mass is 10.3. The molecule has 0 aliphatic heterocycles. The highest BCUT2D eigenvalue weighted by Gasteiger charge is 1.99. The van der Waals surface area contributed by atoms with Crippen LogP contribution in [-0.2, 0) is 4.33 Å². The topological polar surface area (TPSA) is 81.5 Å². The summed E-state index contributed by atoms with van der Waals surface area (Å²) in [5.74, 6) is 0. The van der Waals surface area contributed by atoms with Gasteiger partial charge in [0.1, 0.15) is 0 Å². The van der Waals surface area contributed by atoms with Gasteiger partial charge in [-0.05, 0) is 18.2 Å². The van der Waals surface area contributed by atoms with E-state index in [9.17, 15) is 0 Å². The van der Waals surface area contributed by atoms with E-state index in [0.717, 1.165) is 12.0 Å². The summed E-state index contributed by atoms with van der Waals surface area (Å²) in [6.45, 7) is 0. The molecule has 0 unspecified atom stereocenters. The van der Waals surface area contributed by atoms with Gasteiger partial charge >= 0.3 is 0 Å². The first-order valence-electron chi connectivity index (χ1n) is 2.87. The Balaban J connectivity index is 2.90. The quantitative estimate of drug-likeness (QED) is 0.271. The summed E-state index contributed by atoms with van der Waals surface area (Å²) in [7, 11) is 0. The Kier molecular flexibility index (Phi) is 2.58. The molecule has 1 aromatic carbocycles. The fraction of sp³-hybridized carbons (Fsp3) is 0. The second-order valence-corrected chi connectivity index (χ2v) is 2.71. The van der Waals surface area contributed by atoms with Crippen molar-refractivity contribution in [1.82, 2.24) is 0 Å². The van der Waals surface area contributed by atoms with E-state index in [0.29, 0.717) is 16.3 Å². The van der Waals surface area contributed by atoms with Crippen molar-refractivity contribution in [3.8, 4) is 0 Å². The highest BCUT2D eigenvalue weighted by atomic mass is 32.2. The van der Waals surface area contributed by atoms with Gasteiger partial charge in [0.2, 0.25) is 0 Å². The van der Waals surface area contributed by atoms with Crippen LogP contribution < -0.4 is 11.5 Å². The lowest BCUT2D eigenvalue weighted by Crippen LogP contribution is -1.91. The summed E-state index contributed by atoms with van der Waals surface area (Å²) in [4.78, 5) is 0.640. The van der Waals surface area contributed by atoms with Gasteiger partial charge in [-0.25, -0.2) is 5.26 Å². The van der Waals surface area contributed by atoms with E-state index < -0.39 is 0 Å².